The number of pyridine rings is 1. The van der Waals surface area contributed by atoms with Crippen molar-refractivity contribution in [3.05, 3.63) is 89.9 Å². The second-order valence-corrected chi connectivity index (χ2v) is 10.2. The lowest BCUT2D eigenvalue weighted by atomic mass is 10.1. The van der Waals surface area contributed by atoms with Crippen molar-refractivity contribution in [2.75, 3.05) is 18.4 Å². The van der Waals surface area contributed by atoms with E-state index in [1.54, 1.807) is 6.07 Å². The molecule has 0 saturated carbocycles. The molecule has 8 heteroatoms. The Balaban J connectivity index is 1.27. The Kier molecular flexibility index (Phi) is 6.42. The van der Waals surface area contributed by atoms with Gasteiger partial charge in [0.05, 0.1) is 5.69 Å². The Morgan fingerprint density at radius 2 is 1.76 bits per heavy atom. The van der Waals surface area contributed by atoms with Gasteiger partial charge in [-0.15, -0.1) is 0 Å². The number of carbonyl (C=O) groups excluding carboxylic acids is 1. The minimum Gasteiger partial charge on any atom is -0.320 e. The summed E-state index contributed by atoms with van der Waals surface area (Å²) in [4.78, 5) is 35.2. The number of carbonyl (C=O) groups is 1. The van der Waals surface area contributed by atoms with E-state index in [2.05, 4.69) is 31.2 Å². The number of nitrogens with zero attached hydrogens (tertiary/aromatic N) is 5. The molecule has 0 aliphatic carbocycles. The molecule has 0 bridgehead atoms. The molecule has 1 aliphatic rings. The van der Waals surface area contributed by atoms with Gasteiger partial charge in [0.15, 0.2) is 5.82 Å². The van der Waals surface area contributed by atoms with Crippen molar-refractivity contribution >= 4 is 33.3 Å². The molecule has 1 fully saturated rings. The zero-order chi connectivity index (χ0) is 25.2. The molecule has 37 heavy (non-hydrogen) atoms. The number of rotatable bonds is 6. The van der Waals surface area contributed by atoms with Crippen LogP contribution in [0.1, 0.15) is 34.6 Å². The number of anilines is 1. The lowest BCUT2D eigenvalue weighted by Crippen LogP contribution is -2.18. The van der Waals surface area contributed by atoms with Crippen molar-refractivity contribution in [3.8, 4) is 22.0 Å². The van der Waals surface area contributed by atoms with Crippen LogP contribution in [0.5, 0.6) is 0 Å². The van der Waals surface area contributed by atoms with E-state index in [0.29, 0.717) is 17.2 Å². The molecule has 0 spiro atoms. The molecule has 0 atom stereocenters. The number of para-hydroxylation sites is 1. The van der Waals surface area contributed by atoms with Crippen molar-refractivity contribution in [2.45, 2.75) is 26.3 Å². The maximum absolute atomic E-state index is 13.3. The van der Waals surface area contributed by atoms with Crippen molar-refractivity contribution in [1.29, 1.82) is 0 Å². The Hall–Kier alpha value is -4.01. The molecule has 0 radical (unpaired) electrons. The number of aromatic nitrogens is 4. The molecule has 1 saturated heterocycles. The van der Waals surface area contributed by atoms with E-state index in [0.717, 1.165) is 51.8 Å². The zero-order valence-corrected chi connectivity index (χ0v) is 21.3. The van der Waals surface area contributed by atoms with Crippen LogP contribution in [0.2, 0.25) is 0 Å². The summed E-state index contributed by atoms with van der Waals surface area (Å²) in [5, 5.41) is 3.87. The fourth-order valence-corrected chi connectivity index (χ4v) is 5.56. The Morgan fingerprint density at radius 1 is 0.973 bits per heavy atom. The Bertz CT molecular complexity index is 1580. The maximum atomic E-state index is 13.3. The van der Waals surface area contributed by atoms with Crippen LogP contribution in [-0.4, -0.2) is 43.8 Å². The SMILES string of the molecule is Cc1cc(C(=O)Nc2ccccc2-c2nc3cc(CN4CCCC4)cnc3s2)nc(-c2ccccc2)n1. The lowest BCUT2D eigenvalue weighted by Gasteiger charge is -2.13. The third-order valence-corrected chi connectivity index (χ3v) is 7.45. The third kappa shape index (κ3) is 5.12. The minimum atomic E-state index is -0.290. The van der Waals surface area contributed by atoms with Gasteiger partial charge in [0, 0.05) is 29.6 Å². The van der Waals surface area contributed by atoms with Gasteiger partial charge in [-0.05, 0) is 62.7 Å². The quantitative estimate of drug-likeness (QED) is 0.305. The average Bonchev–Trinajstić information content (AvgIpc) is 3.59. The molecule has 6 rings (SSSR count). The molecule has 5 aromatic rings. The first-order valence-corrected chi connectivity index (χ1v) is 13.2. The van der Waals surface area contributed by atoms with E-state index in [1.807, 2.05) is 67.7 Å². The summed E-state index contributed by atoms with van der Waals surface area (Å²) in [6.45, 7) is 5.06. The van der Waals surface area contributed by atoms with Gasteiger partial charge in [0.2, 0.25) is 0 Å². The van der Waals surface area contributed by atoms with E-state index in [4.69, 9.17) is 4.98 Å². The van der Waals surface area contributed by atoms with Gasteiger partial charge in [0.25, 0.3) is 5.91 Å². The monoisotopic (exact) mass is 506 g/mol. The lowest BCUT2D eigenvalue weighted by molar-refractivity contribution is 0.102. The van der Waals surface area contributed by atoms with E-state index >= 15 is 0 Å². The fraction of sp³-hybridized carbons (Fsp3) is 0.207. The van der Waals surface area contributed by atoms with Gasteiger partial charge in [0.1, 0.15) is 21.0 Å². The number of hydrogen-bond acceptors (Lipinski definition) is 7. The number of nitrogens with one attached hydrogen (secondary N) is 1. The highest BCUT2D eigenvalue weighted by molar-refractivity contribution is 7.21. The highest BCUT2D eigenvalue weighted by Gasteiger charge is 2.17. The number of benzene rings is 2. The van der Waals surface area contributed by atoms with Crippen molar-refractivity contribution in [2.24, 2.45) is 0 Å². The predicted octanol–water partition coefficient (Wildman–Crippen LogP) is 5.97. The van der Waals surface area contributed by atoms with Crippen LogP contribution in [0.3, 0.4) is 0 Å². The first-order valence-electron chi connectivity index (χ1n) is 12.4. The molecule has 0 unspecified atom stereocenters. The highest BCUT2D eigenvalue weighted by Crippen LogP contribution is 2.34. The standard InChI is InChI=1S/C29H26N6OS/c1-19-15-24(32-26(31-19)21-9-3-2-4-10-21)27(36)33-23-12-6-5-11-22(23)28-34-25-16-20(17-30-29(25)37-28)18-35-13-7-8-14-35/h2-6,9-12,15-17H,7-8,13-14,18H2,1H3,(H,33,36). The van der Waals surface area contributed by atoms with Crippen LogP contribution < -0.4 is 5.32 Å². The van der Waals surface area contributed by atoms with Gasteiger partial charge < -0.3 is 5.32 Å². The third-order valence-electron chi connectivity index (χ3n) is 6.43. The van der Waals surface area contributed by atoms with Crippen LogP contribution in [0, 0.1) is 6.92 Å². The summed E-state index contributed by atoms with van der Waals surface area (Å²) >= 11 is 1.53. The fourth-order valence-electron chi connectivity index (χ4n) is 4.63. The van der Waals surface area contributed by atoms with Crippen molar-refractivity contribution < 1.29 is 4.79 Å². The number of aryl methyl sites for hydroxylation is 1. The first kappa shape index (κ1) is 23.4. The minimum absolute atomic E-state index is 0.290. The first-order chi connectivity index (χ1) is 18.1. The zero-order valence-electron chi connectivity index (χ0n) is 20.5. The molecule has 1 amide bonds. The van der Waals surface area contributed by atoms with Crippen LogP contribution in [0.15, 0.2) is 72.9 Å². The summed E-state index contributed by atoms with van der Waals surface area (Å²) in [5.41, 5.74) is 5.52. The smallest absolute Gasteiger partial charge is 0.274 e. The molecule has 4 heterocycles. The van der Waals surface area contributed by atoms with Crippen molar-refractivity contribution in [1.82, 2.24) is 24.8 Å². The number of fused-ring (bicyclic) bond motifs is 1. The molecule has 184 valence electrons. The average molecular weight is 507 g/mol. The molecule has 1 N–H and O–H groups in total. The van der Waals surface area contributed by atoms with Crippen LogP contribution in [-0.2, 0) is 6.54 Å². The summed E-state index contributed by atoms with van der Waals surface area (Å²) < 4.78 is 0. The summed E-state index contributed by atoms with van der Waals surface area (Å²) in [6.07, 6.45) is 4.49. The number of likely N-dealkylation sites (tertiary alicyclic amines) is 1. The van der Waals surface area contributed by atoms with Crippen LogP contribution >= 0.6 is 11.3 Å². The van der Waals surface area contributed by atoms with E-state index < -0.39 is 0 Å². The van der Waals surface area contributed by atoms with Gasteiger partial charge in [-0.3, -0.25) is 9.69 Å². The normalized spacial score (nSPS) is 13.8. The van der Waals surface area contributed by atoms with Crippen LogP contribution in [0.25, 0.3) is 32.3 Å². The Morgan fingerprint density at radius 3 is 2.59 bits per heavy atom. The maximum Gasteiger partial charge on any atom is 0.274 e. The molecular formula is C29H26N6OS. The largest absolute Gasteiger partial charge is 0.320 e. The molecule has 2 aromatic carbocycles. The number of amides is 1. The summed E-state index contributed by atoms with van der Waals surface area (Å²) in [6, 6.07) is 21.2. The van der Waals surface area contributed by atoms with E-state index in [-0.39, 0.29) is 5.91 Å². The predicted molar refractivity (Wildman–Crippen MR) is 148 cm³/mol. The Labute approximate surface area is 219 Å². The summed E-state index contributed by atoms with van der Waals surface area (Å²) in [5.74, 6) is 0.239. The van der Waals surface area contributed by atoms with Gasteiger partial charge >= 0.3 is 0 Å². The van der Waals surface area contributed by atoms with Crippen molar-refractivity contribution in [3.63, 3.8) is 0 Å². The summed E-state index contributed by atoms with van der Waals surface area (Å²) in [7, 11) is 0. The topological polar surface area (TPSA) is 83.9 Å². The van der Waals surface area contributed by atoms with Crippen LogP contribution in [0.4, 0.5) is 5.69 Å². The molecule has 1 aliphatic heterocycles. The second kappa shape index (κ2) is 10.2. The number of hydrogen-bond donors (Lipinski definition) is 1. The van der Waals surface area contributed by atoms with Gasteiger partial charge in [-0.2, -0.15) is 0 Å². The molecule has 7 nitrogen and oxygen atoms in total. The molecule has 3 aromatic heterocycles. The van der Waals surface area contributed by atoms with Gasteiger partial charge in [-0.1, -0.05) is 53.8 Å². The molecular weight excluding hydrogens is 480 g/mol. The highest BCUT2D eigenvalue weighted by atomic mass is 32.1. The van der Waals surface area contributed by atoms with E-state index in [1.165, 1.54) is 29.7 Å². The van der Waals surface area contributed by atoms with Gasteiger partial charge in [-0.25, -0.2) is 19.9 Å². The number of thiazole rings is 1. The second-order valence-electron chi connectivity index (χ2n) is 9.25. The van der Waals surface area contributed by atoms with E-state index in [9.17, 15) is 4.79 Å².